The van der Waals surface area contributed by atoms with Crippen molar-refractivity contribution in [3.63, 3.8) is 0 Å². The quantitative estimate of drug-likeness (QED) is 0.740. The molecule has 0 atom stereocenters. The molecule has 0 saturated heterocycles. The SMILES string of the molecule is CCc1ccc(-c2nc3ccc(CN)cc3[nH]2)o1. The molecule has 1 aromatic carbocycles. The highest BCUT2D eigenvalue weighted by Gasteiger charge is 2.09. The highest BCUT2D eigenvalue weighted by Crippen LogP contribution is 2.23. The van der Waals surface area contributed by atoms with E-state index < -0.39 is 0 Å². The lowest BCUT2D eigenvalue weighted by molar-refractivity contribution is 0.526. The summed E-state index contributed by atoms with van der Waals surface area (Å²) in [5, 5.41) is 0. The van der Waals surface area contributed by atoms with Gasteiger partial charge in [0.15, 0.2) is 11.6 Å². The largest absolute Gasteiger partial charge is 0.458 e. The minimum absolute atomic E-state index is 0.533. The molecule has 3 N–H and O–H groups in total. The summed E-state index contributed by atoms with van der Waals surface area (Å²) in [6.45, 7) is 2.60. The number of aromatic amines is 1. The highest BCUT2D eigenvalue weighted by molar-refractivity contribution is 5.79. The van der Waals surface area contributed by atoms with Crippen LogP contribution in [-0.4, -0.2) is 9.97 Å². The molecule has 18 heavy (non-hydrogen) atoms. The van der Waals surface area contributed by atoms with E-state index in [0.717, 1.165) is 40.4 Å². The molecule has 0 amide bonds. The Bertz CT molecular complexity index is 681. The van der Waals surface area contributed by atoms with E-state index in [-0.39, 0.29) is 0 Å². The van der Waals surface area contributed by atoms with E-state index in [4.69, 9.17) is 10.2 Å². The number of nitrogens with zero attached hydrogens (tertiary/aromatic N) is 1. The summed E-state index contributed by atoms with van der Waals surface area (Å²) >= 11 is 0. The molecule has 4 heteroatoms. The van der Waals surface area contributed by atoms with Crippen LogP contribution in [0.15, 0.2) is 34.7 Å². The standard InChI is InChI=1S/C14H15N3O/c1-2-10-4-6-13(18-10)14-16-11-5-3-9(8-15)7-12(11)17-14/h3-7H,2,8,15H2,1H3,(H,16,17). The van der Waals surface area contributed by atoms with E-state index in [1.165, 1.54) is 0 Å². The summed E-state index contributed by atoms with van der Waals surface area (Å²) < 4.78 is 5.69. The van der Waals surface area contributed by atoms with E-state index in [0.29, 0.717) is 6.54 Å². The lowest BCUT2D eigenvalue weighted by Gasteiger charge is -1.94. The van der Waals surface area contributed by atoms with Crippen LogP contribution in [0.3, 0.4) is 0 Å². The number of nitrogens with one attached hydrogen (secondary N) is 1. The van der Waals surface area contributed by atoms with Crippen LogP contribution >= 0.6 is 0 Å². The third-order valence-electron chi connectivity index (χ3n) is 3.03. The van der Waals surface area contributed by atoms with Gasteiger partial charge in [0.25, 0.3) is 0 Å². The number of benzene rings is 1. The van der Waals surface area contributed by atoms with Crippen LogP contribution in [0, 0.1) is 0 Å². The molecule has 3 rings (SSSR count). The van der Waals surface area contributed by atoms with Crippen molar-refractivity contribution < 1.29 is 4.42 Å². The molecule has 0 bridgehead atoms. The number of imidazole rings is 1. The van der Waals surface area contributed by atoms with Crippen molar-refractivity contribution in [1.82, 2.24) is 9.97 Å². The number of hydrogen-bond acceptors (Lipinski definition) is 3. The summed E-state index contributed by atoms with van der Waals surface area (Å²) in [4.78, 5) is 7.78. The van der Waals surface area contributed by atoms with Gasteiger partial charge in [0.1, 0.15) is 5.76 Å². The minimum atomic E-state index is 0.533. The molecule has 0 radical (unpaired) electrons. The fourth-order valence-electron chi connectivity index (χ4n) is 2.00. The number of fused-ring (bicyclic) bond motifs is 1. The lowest BCUT2D eigenvalue weighted by atomic mass is 10.2. The van der Waals surface area contributed by atoms with Crippen LogP contribution in [0.5, 0.6) is 0 Å². The Labute approximate surface area is 105 Å². The van der Waals surface area contributed by atoms with E-state index in [1.54, 1.807) is 0 Å². The molecule has 3 aromatic rings. The third kappa shape index (κ3) is 1.80. The molecule has 0 aliphatic heterocycles. The number of aromatic nitrogens is 2. The molecule has 2 heterocycles. The first kappa shape index (κ1) is 11.0. The number of rotatable bonds is 3. The van der Waals surface area contributed by atoms with Crippen LogP contribution in [0.4, 0.5) is 0 Å². The fraction of sp³-hybridized carbons (Fsp3) is 0.214. The summed E-state index contributed by atoms with van der Waals surface area (Å²) in [5.74, 6) is 2.50. The number of nitrogens with two attached hydrogens (primary N) is 1. The van der Waals surface area contributed by atoms with Crippen LogP contribution in [-0.2, 0) is 13.0 Å². The molecule has 0 unspecified atom stereocenters. The summed E-state index contributed by atoms with van der Waals surface area (Å²) in [5.41, 5.74) is 8.63. The fourth-order valence-corrected chi connectivity index (χ4v) is 2.00. The van der Waals surface area contributed by atoms with Crippen molar-refractivity contribution in [2.24, 2.45) is 5.73 Å². The Kier molecular flexibility index (Phi) is 2.64. The second kappa shape index (κ2) is 4.31. The zero-order valence-electron chi connectivity index (χ0n) is 10.2. The van der Waals surface area contributed by atoms with Gasteiger partial charge >= 0.3 is 0 Å². The Morgan fingerprint density at radius 3 is 2.89 bits per heavy atom. The van der Waals surface area contributed by atoms with E-state index in [1.807, 2.05) is 30.3 Å². The monoisotopic (exact) mass is 241 g/mol. The maximum absolute atomic E-state index is 5.69. The number of hydrogen-bond donors (Lipinski definition) is 2. The normalized spacial score (nSPS) is 11.2. The Balaban J connectivity index is 2.07. The first-order valence-corrected chi connectivity index (χ1v) is 6.08. The molecular weight excluding hydrogens is 226 g/mol. The van der Waals surface area contributed by atoms with Crippen molar-refractivity contribution in [1.29, 1.82) is 0 Å². The number of aryl methyl sites for hydroxylation is 1. The van der Waals surface area contributed by atoms with Gasteiger partial charge in [-0.25, -0.2) is 4.98 Å². The zero-order valence-corrected chi connectivity index (χ0v) is 10.2. The number of H-pyrrole nitrogens is 1. The van der Waals surface area contributed by atoms with Crippen molar-refractivity contribution in [3.05, 3.63) is 41.7 Å². The predicted molar refractivity (Wildman–Crippen MR) is 71.1 cm³/mol. The Morgan fingerprint density at radius 2 is 2.17 bits per heavy atom. The summed E-state index contributed by atoms with van der Waals surface area (Å²) in [6, 6.07) is 9.91. The van der Waals surface area contributed by atoms with Crippen LogP contribution in [0.25, 0.3) is 22.6 Å². The molecular formula is C14H15N3O. The average Bonchev–Trinajstić information content (AvgIpc) is 3.03. The molecule has 0 aliphatic carbocycles. The van der Waals surface area contributed by atoms with E-state index >= 15 is 0 Å². The van der Waals surface area contributed by atoms with Crippen LogP contribution in [0.1, 0.15) is 18.2 Å². The van der Waals surface area contributed by atoms with Gasteiger partial charge in [0.05, 0.1) is 11.0 Å². The minimum Gasteiger partial charge on any atom is -0.458 e. The van der Waals surface area contributed by atoms with Gasteiger partial charge in [0.2, 0.25) is 0 Å². The molecule has 4 nitrogen and oxygen atoms in total. The van der Waals surface area contributed by atoms with Crippen molar-refractivity contribution in [2.45, 2.75) is 19.9 Å². The summed E-state index contributed by atoms with van der Waals surface area (Å²) in [6.07, 6.45) is 0.886. The molecule has 0 aliphatic rings. The maximum Gasteiger partial charge on any atom is 0.174 e. The van der Waals surface area contributed by atoms with Gasteiger partial charge in [-0.2, -0.15) is 0 Å². The van der Waals surface area contributed by atoms with E-state index in [9.17, 15) is 0 Å². The van der Waals surface area contributed by atoms with Gasteiger partial charge in [-0.15, -0.1) is 0 Å². The molecule has 0 spiro atoms. The molecule has 0 fully saturated rings. The van der Waals surface area contributed by atoms with Crippen molar-refractivity contribution in [2.75, 3.05) is 0 Å². The second-order valence-electron chi connectivity index (χ2n) is 4.26. The second-order valence-corrected chi connectivity index (χ2v) is 4.26. The van der Waals surface area contributed by atoms with Crippen LogP contribution < -0.4 is 5.73 Å². The molecule has 2 aromatic heterocycles. The van der Waals surface area contributed by atoms with Gasteiger partial charge in [-0.1, -0.05) is 13.0 Å². The maximum atomic E-state index is 5.69. The average molecular weight is 241 g/mol. The smallest absolute Gasteiger partial charge is 0.174 e. The van der Waals surface area contributed by atoms with Gasteiger partial charge in [-0.3, -0.25) is 0 Å². The van der Waals surface area contributed by atoms with E-state index in [2.05, 4.69) is 16.9 Å². The van der Waals surface area contributed by atoms with Gasteiger partial charge in [0, 0.05) is 13.0 Å². The predicted octanol–water partition coefficient (Wildman–Crippen LogP) is 2.84. The summed E-state index contributed by atoms with van der Waals surface area (Å²) in [7, 11) is 0. The first-order chi connectivity index (χ1) is 8.80. The topological polar surface area (TPSA) is 67.8 Å². The van der Waals surface area contributed by atoms with Crippen LogP contribution in [0.2, 0.25) is 0 Å². The Morgan fingerprint density at radius 1 is 1.28 bits per heavy atom. The van der Waals surface area contributed by atoms with Gasteiger partial charge < -0.3 is 15.1 Å². The van der Waals surface area contributed by atoms with Crippen molar-refractivity contribution >= 4 is 11.0 Å². The lowest BCUT2D eigenvalue weighted by Crippen LogP contribution is -1.95. The molecule has 0 saturated carbocycles. The first-order valence-electron chi connectivity index (χ1n) is 6.08. The highest BCUT2D eigenvalue weighted by atomic mass is 16.3. The molecule has 92 valence electrons. The Hall–Kier alpha value is -2.07. The third-order valence-corrected chi connectivity index (χ3v) is 3.03. The number of furan rings is 1. The van der Waals surface area contributed by atoms with Crippen molar-refractivity contribution in [3.8, 4) is 11.6 Å². The van der Waals surface area contributed by atoms with Gasteiger partial charge in [-0.05, 0) is 29.8 Å². The zero-order chi connectivity index (χ0) is 12.5.